The minimum Gasteiger partial charge on any atom is -0.493 e. The van der Waals surface area contributed by atoms with E-state index < -0.39 is 12.0 Å². The summed E-state index contributed by atoms with van der Waals surface area (Å²) in [5.41, 5.74) is 0.815. The first-order valence-corrected chi connectivity index (χ1v) is 7.94. The molecule has 0 aliphatic carbocycles. The Morgan fingerprint density at radius 1 is 1.04 bits per heavy atom. The normalized spacial score (nSPS) is 15.7. The molecule has 3 rings (SSSR count). The molecule has 0 fully saturated rings. The number of carbonyl (C=O) groups is 1. The SMILES string of the molecule is COc1cc(OC(=O)C2COC(c3ccccc3)=N2)cc(OC)c1OC. The van der Waals surface area contributed by atoms with Gasteiger partial charge in [-0.25, -0.2) is 9.79 Å². The number of hydrogen-bond donors (Lipinski definition) is 0. The molecule has 0 bridgehead atoms. The highest BCUT2D eigenvalue weighted by molar-refractivity contribution is 5.97. The molecule has 1 aliphatic rings. The molecule has 1 aliphatic heterocycles. The van der Waals surface area contributed by atoms with E-state index in [0.717, 1.165) is 5.56 Å². The molecule has 0 amide bonds. The number of carbonyl (C=O) groups excluding carboxylic acids is 1. The highest BCUT2D eigenvalue weighted by Crippen LogP contribution is 2.40. The zero-order valence-corrected chi connectivity index (χ0v) is 14.7. The fraction of sp³-hybridized carbons (Fsp3) is 0.263. The van der Waals surface area contributed by atoms with Crippen molar-refractivity contribution in [3.8, 4) is 23.0 Å². The number of hydrogen-bond acceptors (Lipinski definition) is 7. The van der Waals surface area contributed by atoms with Crippen molar-refractivity contribution in [1.82, 2.24) is 0 Å². The molecular formula is C19H19NO6. The third-order valence-electron chi connectivity index (χ3n) is 3.80. The number of ether oxygens (including phenoxy) is 5. The summed E-state index contributed by atoms with van der Waals surface area (Å²) in [6.07, 6.45) is 0. The van der Waals surface area contributed by atoms with E-state index in [4.69, 9.17) is 23.7 Å². The van der Waals surface area contributed by atoms with Gasteiger partial charge in [0.25, 0.3) is 0 Å². The van der Waals surface area contributed by atoms with E-state index in [1.165, 1.54) is 21.3 Å². The quantitative estimate of drug-likeness (QED) is 0.584. The predicted octanol–water partition coefficient (Wildman–Crippen LogP) is 2.46. The van der Waals surface area contributed by atoms with Gasteiger partial charge < -0.3 is 23.7 Å². The fourth-order valence-corrected chi connectivity index (χ4v) is 2.53. The zero-order chi connectivity index (χ0) is 18.5. The van der Waals surface area contributed by atoms with Crippen LogP contribution in [0.25, 0.3) is 0 Å². The van der Waals surface area contributed by atoms with E-state index in [0.29, 0.717) is 23.1 Å². The predicted molar refractivity (Wildman–Crippen MR) is 94.5 cm³/mol. The molecule has 0 aromatic heterocycles. The van der Waals surface area contributed by atoms with Crippen LogP contribution in [0.15, 0.2) is 47.5 Å². The number of methoxy groups -OCH3 is 3. The Balaban J connectivity index is 1.77. The van der Waals surface area contributed by atoms with Crippen LogP contribution >= 0.6 is 0 Å². The van der Waals surface area contributed by atoms with Gasteiger partial charge in [0.05, 0.1) is 21.3 Å². The molecule has 26 heavy (non-hydrogen) atoms. The van der Waals surface area contributed by atoms with E-state index in [1.807, 2.05) is 30.3 Å². The third-order valence-corrected chi connectivity index (χ3v) is 3.80. The first kappa shape index (κ1) is 17.6. The highest BCUT2D eigenvalue weighted by Gasteiger charge is 2.29. The Bertz CT molecular complexity index is 793. The summed E-state index contributed by atoms with van der Waals surface area (Å²) in [5.74, 6) is 1.38. The first-order chi connectivity index (χ1) is 12.7. The molecule has 1 heterocycles. The van der Waals surface area contributed by atoms with E-state index in [-0.39, 0.29) is 12.4 Å². The van der Waals surface area contributed by atoms with Crippen molar-refractivity contribution in [2.75, 3.05) is 27.9 Å². The van der Waals surface area contributed by atoms with E-state index in [2.05, 4.69) is 4.99 Å². The van der Waals surface area contributed by atoms with Crippen molar-refractivity contribution in [3.63, 3.8) is 0 Å². The van der Waals surface area contributed by atoms with E-state index in [1.54, 1.807) is 12.1 Å². The van der Waals surface area contributed by atoms with Crippen LogP contribution < -0.4 is 18.9 Å². The Labute approximate surface area is 151 Å². The topological polar surface area (TPSA) is 75.6 Å². The number of benzene rings is 2. The average Bonchev–Trinajstić information content (AvgIpc) is 3.18. The van der Waals surface area contributed by atoms with E-state index >= 15 is 0 Å². The van der Waals surface area contributed by atoms with Crippen LogP contribution in [0.2, 0.25) is 0 Å². The van der Waals surface area contributed by atoms with Gasteiger partial charge in [-0.2, -0.15) is 0 Å². The molecular weight excluding hydrogens is 338 g/mol. The molecule has 0 N–H and O–H groups in total. The molecule has 0 radical (unpaired) electrons. The summed E-state index contributed by atoms with van der Waals surface area (Å²) >= 11 is 0. The van der Waals surface area contributed by atoms with Gasteiger partial charge >= 0.3 is 5.97 Å². The second-order valence-electron chi connectivity index (χ2n) is 5.41. The van der Waals surface area contributed by atoms with Crippen molar-refractivity contribution in [1.29, 1.82) is 0 Å². The Morgan fingerprint density at radius 3 is 2.27 bits per heavy atom. The highest BCUT2D eigenvalue weighted by atomic mass is 16.6. The lowest BCUT2D eigenvalue weighted by molar-refractivity contribution is -0.136. The molecule has 2 aromatic carbocycles. The Hall–Kier alpha value is -3.22. The van der Waals surface area contributed by atoms with E-state index in [9.17, 15) is 4.79 Å². The largest absolute Gasteiger partial charge is 0.493 e. The van der Waals surface area contributed by atoms with Gasteiger partial charge in [0.1, 0.15) is 12.4 Å². The molecule has 1 atom stereocenters. The van der Waals surface area contributed by atoms with Crippen molar-refractivity contribution in [3.05, 3.63) is 48.0 Å². The summed E-state index contributed by atoms with van der Waals surface area (Å²) in [4.78, 5) is 16.7. The first-order valence-electron chi connectivity index (χ1n) is 7.94. The number of esters is 1. The molecule has 0 saturated heterocycles. The number of nitrogens with zero attached hydrogens (tertiary/aromatic N) is 1. The Kier molecular flexibility index (Phi) is 5.26. The molecule has 7 nitrogen and oxygen atoms in total. The number of aliphatic imine (C=N–C) groups is 1. The monoisotopic (exact) mass is 357 g/mol. The van der Waals surface area contributed by atoms with Crippen LogP contribution in [0.4, 0.5) is 0 Å². The summed E-state index contributed by atoms with van der Waals surface area (Å²) in [5, 5.41) is 0. The third kappa shape index (κ3) is 3.56. The van der Waals surface area contributed by atoms with Gasteiger partial charge in [-0.1, -0.05) is 18.2 Å². The number of rotatable bonds is 6. The van der Waals surface area contributed by atoms with Crippen molar-refractivity contribution < 1.29 is 28.5 Å². The lowest BCUT2D eigenvalue weighted by Gasteiger charge is -2.14. The van der Waals surface area contributed by atoms with Gasteiger partial charge in [-0.3, -0.25) is 0 Å². The van der Waals surface area contributed by atoms with Crippen LogP contribution in [0, 0.1) is 0 Å². The second kappa shape index (κ2) is 7.77. The van der Waals surface area contributed by atoms with Crippen LogP contribution in [0.5, 0.6) is 23.0 Å². The van der Waals surface area contributed by atoms with Gasteiger partial charge in [0.15, 0.2) is 17.5 Å². The summed E-state index contributed by atoms with van der Waals surface area (Å²) in [6.45, 7) is 0.132. The average molecular weight is 357 g/mol. The van der Waals surface area contributed by atoms with Gasteiger partial charge in [0.2, 0.25) is 11.6 Å². The molecule has 0 saturated carbocycles. The lowest BCUT2D eigenvalue weighted by Crippen LogP contribution is -2.25. The smallest absolute Gasteiger partial charge is 0.339 e. The standard InChI is InChI=1S/C19H19NO6/c1-22-15-9-13(10-16(23-2)17(15)24-3)26-19(21)14-11-25-18(20-14)12-7-5-4-6-8-12/h4-10,14H,11H2,1-3H3. The van der Waals surface area contributed by atoms with Gasteiger partial charge in [0, 0.05) is 17.7 Å². The van der Waals surface area contributed by atoms with Crippen LogP contribution in [-0.2, 0) is 9.53 Å². The molecule has 7 heteroatoms. The van der Waals surface area contributed by atoms with Crippen LogP contribution in [0.1, 0.15) is 5.56 Å². The van der Waals surface area contributed by atoms with Crippen molar-refractivity contribution in [2.45, 2.75) is 6.04 Å². The van der Waals surface area contributed by atoms with Gasteiger partial charge in [-0.05, 0) is 12.1 Å². The van der Waals surface area contributed by atoms with Crippen LogP contribution in [-0.4, -0.2) is 45.8 Å². The van der Waals surface area contributed by atoms with Crippen LogP contribution in [0.3, 0.4) is 0 Å². The summed E-state index contributed by atoms with van der Waals surface area (Å²) < 4.78 is 26.7. The fourth-order valence-electron chi connectivity index (χ4n) is 2.53. The van der Waals surface area contributed by atoms with Crippen molar-refractivity contribution in [2.24, 2.45) is 4.99 Å². The maximum atomic E-state index is 12.4. The molecule has 2 aromatic rings. The maximum Gasteiger partial charge on any atom is 0.339 e. The van der Waals surface area contributed by atoms with Gasteiger partial charge in [-0.15, -0.1) is 0 Å². The molecule has 1 unspecified atom stereocenters. The Morgan fingerprint density at radius 2 is 1.69 bits per heavy atom. The molecule has 136 valence electrons. The summed E-state index contributed by atoms with van der Waals surface area (Å²) in [6, 6.07) is 11.8. The molecule has 0 spiro atoms. The minimum absolute atomic E-state index is 0.132. The lowest BCUT2D eigenvalue weighted by atomic mass is 10.2. The second-order valence-corrected chi connectivity index (χ2v) is 5.41. The maximum absolute atomic E-state index is 12.4. The minimum atomic E-state index is -0.732. The zero-order valence-electron chi connectivity index (χ0n) is 14.7. The summed E-state index contributed by atoms with van der Waals surface area (Å²) in [7, 11) is 4.48. The van der Waals surface area contributed by atoms with Crippen molar-refractivity contribution >= 4 is 11.9 Å².